The molecule has 6 heteroatoms. The lowest BCUT2D eigenvalue weighted by Gasteiger charge is -2.08. The third-order valence-electron chi connectivity index (χ3n) is 3.17. The van der Waals surface area contributed by atoms with Crippen LogP contribution in [0, 0.1) is 12.3 Å². The van der Waals surface area contributed by atoms with Crippen molar-refractivity contribution in [1.82, 2.24) is 0 Å². The monoisotopic (exact) mass is 351 g/mol. The first-order chi connectivity index (χ1) is 12.4. The van der Waals surface area contributed by atoms with Gasteiger partial charge in [0.25, 0.3) is 0 Å². The van der Waals surface area contributed by atoms with E-state index in [-0.39, 0.29) is 0 Å². The van der Waals surface area contributed by atoms with E-state index >= 15 is 0 Å². The maximum atomic E-state index is 5.49. The quantitative estimate of drug-likeness (QED) is 0.362. The zero-order valence-corrected chi connectivity index (χ0v) is 15.0. The van der Waals surface area contributed by atoms with Crippen LogP contribution in [0.25, 0.3) is 0 Å². The Bertz CT molecular complexity index is 458. The maximum Gasteiger partial charge on any atom is 0.0701 e. The number of anilines is 1. The Balaban J connectivity index is 1.79. The van der Waals surface area contributed by atoms with E-state index in [2.05, 4.69) is 11.2 Å². The molecule has 0 aliphatic carbocycles. The maximum absolute atomic E-state index is 5.49. The van der Waals surface area contributed by atoms with Gasteiger partial charge < -0.3 is 29.0 Å². The summed E-state index contributed by atoms with van der Waals surface area (Å²) in [6, 6.07) is 7.73. The van der Waals surface area contributed by atoms with Crippen molar-refractivity contribution in [3.05, 3.63) is 29.8 Å². The highest BCUT2D eigenvalue weighted by molar-refractivity contribution is 5.47. The van der Waals surface area contributed by atoms with Crippen molar-refractivity contribution in [3.8, 4) is 12.3 Å². The van der Waals surface area contributed by atoms with Crippen LogP contribution in [0.4, 0.5) is 5.69 Å². The van der Waals surface area contributed by atoms with Gasteiger partial charge in [0, 0.05) is 24.9 Å². The summed E-state index contributed by atoms with van der Waals surface area (Å²) in [6.07, 6.45) is 5.32. The smallest absolute Gasteiger partial charge is 0.0701 e. The molecule has 0 saturated heterocycles. The van der Waals surface area contributed by atoms with Gasteiger partial charge in [0.05, 0.1) is 59.5 Å². The van der Waals surface area contributed by atoms with Gasteiger partial charge in [-0.2, -0.15) is 0 Å². The Morgan fingerprint density at radius 3 is 1.72 bits per heavy atom. The molecule has 0 unspecified atom stereocenters. The molecule has 0 aromatic heterocycles. The molecule has 0 heterocycles. The van der Waals surface area contributed by atoms with E-state index in [1.165, 1.54) is 0 Å². The molecule has 0 aliphatic heterocycles. The summed E-state index contributed by atoms with van der Waals surface area (Å²) in [5, 5.41) is 3.27. The predicted molar refractivity (Wildman–Crippen MR) is 98.0 cm³/mol. The van der Waals surface area contributed by atoms with Crippen molar-refractivity contribution >= 4 is 5.69 Å². The zero-order valence-electron chi connectivity index (χ0n) is 15.0. The number of rotatable bonds is 16. The van der Waals surface area contributed by atoms with E-state index in [0.717, 1.165) is 17.8 Å². The number of ether oxygens (including phenoxy) is 5. The fraction of sp³-hybridized carbons (Fsp3) is 0.579. The summed E-state index contributed by atoms with van der Waals surface area (Å²) in [6.45, 7) is 5.95. The zero-order chi connectivity index (χ0) is 18.0. The molecule has 0 saturated carbocycles. The summed E-state index contributed by atoms with van der Waals surface area (Å²) >= 11 is 0. The third-order valence-corrected chi connectivity index (χ3v) is 3.17. The van der Waals surface area contributed by atoms with Crippen LogP contribution in [-0.4, -0.2) is 73.1 Å². The van der Waals surface area contributed by atoms with Crippen molar-refractivity contribution in [2.75, 3.05) is 78.4 Å². The summed E-state index contributed by atoms with van der Waals surface area (Å²) in [5.41, 5.74) is 1.91. The van der Waals surface area contributed by atoms with Crippen LogP contribution >= 0.6 is 0 Å². The van der Waals surface area contributed by atoms with Gasteiger partial charge >= 0.3 is 0 Å². The van der Waals surface area contributed by atoms with Crippen LogP contribution < -0.4 is 5.32 Å². The summed E-state index contributed by atoms with van der Waals surface area (Å²) in [5.74, 6) is 2.59. The topological polar surface area (TPSA) is 58.2 Å². The number of terminal acetylenes is 1. The fourth-order valence-electron chi connectivity index (χ4n) is 1.86. The van der Waals surface area contributed by atoms with Crippen LogP contribution in [-0.2, 0) is 23.7 Å². The highest BCUT2D eigenvalue weighted by atomic mass is 16.6. The van der Waals surface area contributed by atoms with E-state index in [1.807, 2.05) is 24.3 Å². The minimum atomic E-state index is 0.557. The number of methoxy groups -OCH3 is 1. The lowest BCUT2D eigenvalue weighted by molar-refractivity contribution is -0.00700. The number of hydrogen-bond donors (Lipinski definition) is 1. The standard InChI is InChI=1S/C19H29NO5/c1-3-18-4-6-19(7-5-18)20-8-9-22-12-13-24-16-17-25-15-14-23-11-10-21-2/h1,4-7,20H,8-17H2,2H3. The van der Waals surface area contributed by atoms with Crippen LogP contribution in [0.5, 0.6) is 0 Å². The van der Waals surface area contributed by atoms with E-state index in [4.69, 9.17) is 30.1 Å². The predicted octanol–water partition coefficient (Wildman–Crippen LogP) is 1.79. The molecule has 0 radical (unpaired) electrons. The van der Waals surface area contributed by atoms with Crippen molar-refractivity contribution in [2.24, 2.45) is 0 Å². The molecule has 1 N–H and O–H groups in total. The van der Waals surface area contributed by atoms with Crippen molar-refractivity contribution in [1.29, 1.82) is 0 Å². The van der Waals surface area contributed by atoms with E-state index in [9.17, 15) is 0 Å². The Kier molecular flexibility index (Phi) is 13.6. The van der Waals surface area contributed by atoms with Gasteiger partial charge in [0.1, 0.15) is 0 Å². The molecule has 0 amide bonds. The van der Waals surface area contributed by atoms with Gasteiger partial charge in [-0.05, 0) is 24.3 Å². The number of benzene rings is 1. The second kappa shape index (κ2) is 15.9. The van der Waals surface area contributed by atoms with Crippen LogP contribution in [0.2, 0.25) is 0 Å². The largest absolute Gasteiger partial charge is 0.383 e. The lowest BCUT2D eigenvalue weighted by atomic mass is 10.2. The molecule has 1 rings (SSSR count). The Labute approximate surface area is 150 Å². The third kappa shape index (κ3) is 12.4. The molecule has 1 aromatic carbocycles. The molecule has 0 atom stereocenters. The minimum Gasteiger partial charge on any atom is -0.383 e. The Morgan fingerprint density at radius 2 is 1.24 bits per heavy atom. The van der Waals surface area contributed by atoms with Gasteiger partial charge in [-0.3, -0.25) is 0 Å². The van der Waals surface area contributed by atoms with Crippen molar-refractivity contribution < 1.29 is 23.7 Å². The normalized spacial score (nSPS) is 10.6. The van der Waals surface area contributed by atoms with Gasteiger partial charge in [0.2, 0.25) is 0 Å². The van der Waals surface area contributed by atoms with Crippen LogP contribution in [0.15, 0.2) is 24.3 Å². The first-order valence-corrected chi connectivity index (χ1v) is 8.47. The van der Waals surface area contributed by atoms with E-state index in [0.29, 0.717) is 59.5 Å². The van der Waals surface area contributed by atoms with Gasteiger partial charge in [-0.1, -0.05) is 5.92 Å². The molecule has 25 heavy (non-hydrogen) atoms. The SMILES string of the molecule is C#Cc1ccc(NCCOCCOCCOCCOCCOC)cc1. The van der Waals surface area contributed by atoms with Crippen LogP contribution in [0.1, 0.15) is 5.56 Å². The minimum absolute atomic E-state index is 0.557. The molecular weight excluding hydrogens is 322 g/mol. The lowest BCUT2D eigenvalue weighted by Crippen LogP contribution is -2.14. The number of nitrogens with one attached hydrogen (secondary N) is 1. The first kappa shape index (κ1) is 21.4. The van der Waals surface area contributed by atoms with E-state index in [1.54, 1.807) is 7.11 Å². The summed E-state index contributed by atoms with van der Waals surface area (Å²) in [7, 11) is 1.65. The molecule has 0 bridgehead atoms. The average Bonchev–Trinajstić information content (AvgIpc) is 2.65. The summed E-state index contributed by atoms with van der Waals surface area (Å²) in [4.78, 5) is 0. The first-order valence-electron chi connectivity index (χ1n) is 8.47. The molecule has 1 aromatic rings. The molecule has 6 nitrogen and oxygen atoms in total. The second-order valence-corrected chi connectivity index (χ2v) is 5.09. The van der Waals surface area contributed by atoms with Crippen molar-refractivity contribution in [3.63, 3.8) is 0 Å². The Hall–Kier alpha value is -1.62. The Morgan fingerprint density at radius 1 is 0.760 bits per heavy atom. The summed E-state index contributed by atoms with van der Waals surface area (Å²) < 4.78 is 26.4. The molecule has 0 spiro atoms. The molecule has 0 fully saturated rings. The van der Waals surface area contributed by atoms with E-state index < -0.39 is 0 Å². The second-order valence-electron chi connectivity index (χ2n) is 5.09. The molecule has 0 aliphatic rings. The van der Waals surface area contributed by atoms with Gasteiger partial charge in [-0.15, -0.1) is 6.42 Å². The van der Waals surface area contributed by atoms with Gasteiger partial charge in [0.15, 0.2) is 0 Å². The van der Waals surface area contributed by atoms with Crippen LogP contribution in [0.3, 0.4) is 0 Å². The molecule has 140 valence electrons. The number of hydrogen-bond acceptors (Lipinski definition) is 6. The van der Waals surface area contributed by atoms with Gasteiger partial charge in [-0.25, -0.2) is 0 Å². The highest BCUT2D eigenvalue weighted by Gasteiger charge is 1.94. The fourth-order valence-corrected chi connectivity index (χ4v) is 1.86. The average molecular weight is 351 g/mol. The van der Waals surface area contributed by atoms with Crippen molar-refractivity contribution in [2.45, 2.75) is 0 Å². The highest BCUT2D eigenvalue weighted by Crippen LogP contribution is 2.07. The molecular formula is C19H29NO5.